The fourth-order valence-electron chi connectivity index (χ4n) is 1.87. The number of thioether (sulfide) groups is 1. The van der Waals surface area contributed by atoms with Crippen molar-refractivity contribution in [3.05, 3.63) is 0 Å². The van der Waals surface area contributed by atoms with Crippen molar-refractivity contribution in [1.82, 2.24) is 0 Å². The summed E-state index contributed by atoms with van der Waals surface area (Å²) in [5.74, 6) is 0. The van der Waals surface area contributed by atoms with Crippen LogP contribution in [0.25, 0.3) is 0 Å². The van der Waals surface area contributed by atoms with Gasteiger partial charge in [0.1, 0.15) is 20.1 Å². The molecule has 0 saturated carbocycles. The molecule has 0 bridgehead atoms. The van der Waals surface area contributed by atoms with Crippen LogP contribution in [-0.2, 0) is 13.9 Å². The van der Waals surface area contributed by atoms with Gasteiger partial charge >= 0.3 is 5.30 Å². The lowest BCUT2D eigenvalue weighted by Crippen LogP contribution is -2.44. The molecule has 0 spiro atoms. The van der Waals surface area contributed by atoms with Gasteiger partial charge in [0.25, 0.3) is 0 Å². The largest absolute Gasteiger partial charge is 0.451 e. The summed E-state index contributed by atoms with van der Waals surface area (Å²) in [7, 11) is 0.208. The lowest BCUT2D eigenvalue weighted by Gasteiger charge is -2.37. The Bertz CT molecular complexity index is 346. The van der Waals surface area contributed by atoms with Gasteiger partial charge in [-0.15, -0.1) is 0 Å². The van der Waals surface area contributed by atoms with E-state index in [-0.39, 0.29) is 28.6 Å². The van der Waals surface area contributed by atoms with Gasteiger partial charge in [0, 0.05) is 12.4 Å². The third-order valence-electron chi connectivity index (χ3n) is 4.21. The van der Waals surface area contributed by atoms with Crippen LogP contribution >= 0.6 is 11.8 Å². The Morgan fingerprint density at radius 3 is 2.55 bits per heavy atom. The minimum atomic E-state index is -1.80. The summed E-state index contributed by atoms with van der Waals surface area (Å²) >= 11 is 1.09. The Kier molecular flexibility index (Phi) is 6.19. The normalized spacial score (nSPS) is 27.6. The van der Waals surface area contributed by atoms with Crippen LogP contribution in [0.1, 0.15) is 27.2 Å². The van der Waals surface area contributed by atoms with Crippen LogP contribution < -0.4 is 0 Å². The van der Waals surface area contributed by atoms with E-state index in [0.29, 0.717) is 6.61 Å². The first kappa shape index (κ1) is 18.1. The summed E-state index contributed by atoms with van der Waals surface area (Å²) in [5, 5.41) is -0.0760. The maximum absolute atomic E-state index is 11.4. The monoisotopic (exact) mass is 318 g/mol. The maximum atomic E-state index is 11.4. The number of rotatable bonds is 4. The van der Waals surface area contributed by atoms with Crippen molar-refractivity contribution in [2.24, 2.45) is 0 Å². The average molecular weight is 318 g/mol. The number of carbonyl (C=O) groups excluding carboxylic acids is 1. The Morgan fingerprint density at radius 1 is 1.45 bits per heavy atom. The second kappa shape index (κ2) is 6.85. The molecule has 1 saturated heterocycles. The van der Waals surface area contributed by atoms with Crippen molar-refractivity contribution in [3.63, 3.8) is 0 Å². The Hall–Kier alpha value is 0.0218. The van der Waals surface area contributed by atoms with Crippen molar-refractivity contribution in [2.45, 2.75) is 63.5 Å². The lowest BCUT2D eigenvalue weighted by atomic mass is 9.96. The third kappa shape index (κ3) is 4.79. The molecule has 7 heteroatoms. The molecule has 20 heavy (non-hydrogen) atoms. The van der Waals surface area contributed by atoms with Gasteiger partial charge in [-0.2, -0.15) is 0 Å². The highest BCUT2D eigenvalue weighted by atomic mass is 32.2. The van der Waals surface area contributed by atoms with Gasteiger partial charge in [-0.1, -0.05) is 20.8 Å². The summed E-state index contributed by atoms with van der Waals surface area (Å²) in [6.07, 6.45) is 2.14. The summed E-state index contributed by atoms with van der Waals surface area (Å²) in [5.41, 5.74) is 0. The van der Waals surface area contributed by atoms with Crippen LogP contribution in [0, 0.1) is 0 Å². The van der Waals surface area contributed by atoms with Crippen LogP contribution in [0.15, 0.2) is 0 Å². The van der Waals surface area contributed by atoms with Crippen molar-refractivity contribution < 1.29 is 18.7 Å². The van der Waals surface area contributed by atoms with Crippen LogP contribution in [0.3, 0.4) is 0 Å². The molecule has 4 nitrogen and oxygen atoms in total. The molecule has 0 amide bonds. The maximum Gasteiger partial charge on any atom is 0.367 e. The SMILES string of the molecule is B[C@H]1CC(OC(=O)SC)[C@@H](CO[Si](C)(C)C(C)(C)C)O1. The van der Waals surface area contributed by atoms with E-state index in [9.17, 15) is 4.79 Å². The second-order valence-corrected chi connectivity index (χ2v) is 12.5. The molecule has 1 unspecified atom stereocenters. The Labute approximate surface area is 128 Å². The fraction of sp³-hybridized carbons (Fsp3) is 0.923. The van der Waals surface area contributed by atoms with E-state index in [1.54, 1.807) is 6.26 Å². The van der Waals surface area contributed by atoms with E-state index < -0.39 is 8.32 Å². The molecule has 116 valence electrons. The minimum absolute atomic E-state index is 0.114. The van der Waals surface area contributed by atoms with Crippen LogP contribution in [-0.4, -0.2) is 52.5 Å². The van der Waals surface area contributed by atoms with Crippen molar-refractivity contribution in [2.75, 3.05) is 12.9 Å². The Balaban J connectivity index is 2.59. The van der Waals surface area contributed by atoms with Crippen LogP contribution in [0.4, 0.5) is 4.79 Å². The van der Waals surface area contributed by atoms with E-state index >= 15 is 0 Å². The molecular formula is C13H27BO4SSi. The highest BCUT2D eigenvalue weighted by molar-refractivity contribution is 8.12. The van der Waals surface area contributed by atoms with Gasteiger partial charge in [0.05, 0.1) is 6.61 Å². The quantitative estimate of drug-likeness (QED) is 0.589. The van der Waals surface area contributed by atoms with Gasteiger partial charge in [0.15, 0.2) is 8.32 Å². The first-order valence-corrected chi connectivity index (χ1v) is 11.2. The molecule has 1 aliphatic heterocycles. The Morgan fingerprint density at radius 2 is 2.05 bits per heavy atom. The molecule has 0 aliphatic carbocycles. The topological polar surface area (TPSA) is 44.8 Å². The molecule has 1 aliphatic rings. The molecule has 3 atom stereocenters. The van der Waals surface area contributed by atoms with Crippen molar-refractivity contribution >= 4 is 33.2 Å². The first-order chi connectivity index (χ1) is 9.06. The van der Waals surface area contributed by atoms with E-state index in [1.165, 1.54) is 0 Å². The molecule has 1 rings (SSSR count). The van der Waals surface area contributed by atoms with E-state index in [1.807, 2.05) is 7.85 Å². The zero-order valence-electron chi connectivity index (χ0n) is 13.7. The third-order valence-corrected chi connectivity index (χ3v) is 9.15. The standard InChI is InChI=1S/C13H27BO4SSi/c1-13(2,3)20(5,6)16-8-10-9(7-11(14)17-10)18-12(15)19-4/h9-11H,7-8,14H2,1-6H3/t9?,10-,11-/m1/s1. The van der Waals surface area contributed by atoms with Gasteiger partial charge < -0.3 is 13.9 Å². The molecule has 0 N–H and O–H groups in total. The molecule has 0 radical (unpaired) electrons. The zero-order valence-corrected chi connectivity index (χ0v) is 15.5. The zero-order chi connectivity index (χ0) is 15.6. The van der Waals surface area contributed by atoms with Crippen LogP contribution in [0.5, 0.6) is 0 Å². The van der Waals surface area contributed by atoms with Crippen molar-refractivity contribution in [1.29, 1.82) is 0 Å². The van der Waals surface area contributed by atoms with E-state index in [4.69, 9.17) is 13.9 Å². The number of hydrogen-bond acceptors (Lipinski definition) is 5. The number of ether oxygens (including phenoxy) is 2. The molecular weight excluding hydrogens is 291 g/mol. The van der Waals surface area contributed by atoms with Gasteiger partial charge in [-0.25, -0.2) is 4.79 Å². The highest BCUT2D eigenvalue weighted by Gasteiger charge is 2.41. The summed E-state index contributed by atoms with van der Waals surface area (Å²) < 4.78 is 17.5. The summed E-state index contributed by atoms with van der Waals surface area (Å²) in [6, 6.07) is 0.114. The van der Waals surface area contributed by atoms with Crippen LogP contribution in [0.2, 0.25) is 18.1 Å². The van der Waals surface area contributed by atoms with E-state index in [2.05, 4.69) is 33.9 Å². The number of hydrogen-bond donors (Lipinski definition) is 0. The van der Waals surface area contributed by atoms with Gasteiger partial charge in [-0.05, 0) is 36.1 Å². The predicted octanol–water partition coefficient (Wildman–Crippen LogP) is 2.62. The van der Waals surface area contributed by atoms with Gasteiger partial charge in [0.2, 0.25) is 0 Å². The van der Waals surface area contributed by atoms with Gasteiger partial charge in [-0.3, -0.25) is 0 Å². The van der Waals surface area contributed by atoms with E-state index in [0.717, 1.165) is 18.2 Å². The molecule has 1 fully saturated rings. The highest BCUT2D eigenvalue weighted by Crippen LogP contribution is 2.37. The first-order valence-electron chi connectivity index (χ1n) is 7.11. The molecule has 0 aromatic rings. The smallest absolute Gasteiger partial charge is 0.367 e. The molecule has 1 heterocycles. The predicted molar refractivity (Wildman–Crippen MR) is 88.8 cm³/mol. The number of carbonyl (C=O) groups is 1. The molecule has 0 aromatic carbocycles. The summed E-state index contributed by atoms with van der Waals surface area (Å²) in [6.45, 7) is 11.6. The lowest BCUT2D eigenvalue weighted by molar-refractivity contribution is -0.00301. The second-order valence-electron chi connectivity index (χ2n) is 6.90. The minimum Gasteiger partial charge on any atom is -0.451 e. The van der Waals surface area contributed by atoms with Crippen molar-refractivity contribution in [3.8, 4) is 0 Å². The molecule has 0 aromatic heterocycles. The summed E-state index contributed by atoms with van der Waals surface area (Å²) in [4.78, 5) is 11.4. The average Bonchev–Trinajstić information content (AvgIpc) is 2.65. The fourth-order valence-corrected chi connectivity index (χ4v) is 3.10.